The molecule has 0 aliphatic heterocycles. The molecule has 0 saturated heterocycles. The number of hydrogen-bond acceptors (Lipinski definition) is 3. The van der Waals surface area contributed by atoms with E-state index in [9.17, 15) is 0 Å². The van der Waals surface area contributed by atoms with E-state index in [2.05, 4.69) is 5.32 Å². The smallest absolute Gasteiger partial charge is 0.0626 e. The van der Waals surface area contributed by atoms with Crippen LogP contribution in [0.25, 0.3) is 0 Å². The number of benzene rings is 1. The van der Waals surface area contributed by atoms with Gasteiger partial charge in [0.15, 0.2) is 0 Å². The Hall–Kier alpha value is -1.06. The summed E-state index contributed by atoms with van der Waals surface area (Å²) in [4.78, 5) is 0. The Morgan fingerprint density at radius 2 is 2.23 bits per heavy atom. The van der Waals surface area contributed by atoms with Crippen molar-refractivity contribution in [1.82, 2.24) is 5.32 Å². The fourth-order valence-corrected chi connectivity index (χ4v) is 1.38. The maximum Gasteiger partial charge on any atom is 0.0626 e. The van der Waals surface area contributed by atoms with Gasteiger partial charge in [0.1, 0.15) is 0 Å². The molecule has 72 valence electrons. The van der Waals surface area contributed by atoms with E-state index in [1.165, 1.54) is 0 Å². The lowest BCUT2D eigenvalue weighted by molar-refractivity contribution is 0.250. The first-order valence-electron chi connectivity index (χ1n) is 4.33. The quantitative estimate of drug-likeness (QED) is 0.604. The summed E-state index contributed by atoms with van der Waals surface area (Å²) < 4.78 is 0. The first kappa shape index (κ1) is 10.0. The fourth-order valence-electron chi connectivity index (χ4n) is 1.38. The second kappa shape index (κ2) is 4.25. The van der Waals surface area contributed by atoms with Crippen molar-refractivity contribution in [2.45, 2.75) is 13.0 Å². The summed E-state index contributed by atoms with van der Waals surface area (Å²) in [6.45, 7) is 2.09. The standard InChI is InChI=1S/C10H16N2O/c1-7-3-4-8(11)5-9(7)10(6-13)12-2/h3-5,10,12-13H,6,11H2,1-2H3/t10-/m1/s1. The van der Waals surface area contributed by atoms with Crippen molar-refractivity contribution in [2.24, 2.45) is 0 Å². The van der Waals surface area contributed by atoms with Crippen LogP contribution in [0, 0.1) is 6.92 Å². The van der Waals surface area contributed by atoms with Crippen molar-refractivity contribution in [3.05, 3.63) is 29.3 Å². The van der Waals surface area contributed by atoms with E-state index in [1.54, 1.807) is 0 Å². The molecule has 0 amide bonds. The second-order valence-corrected chi connectivity index (χ2v) is 3.14. The molecule has 13 heavy (non-hydrogen) atoms. The summed E-state index contributed by atoms with van der Waals surface area (Å²) in [7, 11) is 1.82. The number of anilines is 1. The lowest BCUT2D eigenvalue weighted by Gasteiger charge is -2.16. The van der Waals surface area contributed by atoms with Crippen molar-refractivity contribution >= 4 is 5.69 Å². The molecule has 1 rings (SSSR count). The Kier molecular flexibility index (Phi) is 3.28. The number of nitrogen functional groups attached to an aromatic ring is 1. The second-order valence-electron chi connectivity index (χ2n) is 3.14. The number of likely N-dealkylation sites (N-methyl/N-ethyl adjacent to an activating group) is 1. The van der Waals surface area contributed by atoms with Crippen molar-refractivity contribution in [3.8, 4) is 0 Å². The Morgan fingerprint density at radius 1 is 1.54 bits per heavy atom. The molecule has 0 aromatic heterocycles. The zero-order chi connectivity index (χ0) is 9.84. The zero-order valence-electron chi connectivity index (χ0n) is 8.04. The lowest BCUT2D eigenvalue weighted by atomic mass is 10.0. The van der Waals surface area contributed by atoms with Gasteiger partial charge in [-0.25, -0.2) is 0 Å². The molecule has 0 heterocycles. The molecule has 1 aromatic carbocycles. The van der Waals surface area contributed by atoms with Crippen molar-refractivity contribution < 1.29 is 5.11 Å². The van der Waals surface area contributed by atoms with Crippen LogP contribution < -0.4 is 11.1 Å². The van der Waals surface area contributed by atoms with E-state index in [0.29, 0.717) is 0 Å². The largest absolute Gasteiger partial charge is 0.399 e. The molecule has 4 N–H and O–H groups in total. The third kappa shape index (κ3) is 2.20. The molecule has 0 aliphatic rings. The molecule has 1 atom stereocenters. The third-order valence-corrected chi connectivity index (χ3v) is 2.21. The zero-order valence-corrected chi connectivity index (χ0v) is 8.04. The van der Waals surface area contributed by atoms with Crippen molar-refractivity contribution in [3.63, 3.8) is 0 Å². The fraction of sp³-hybridized carbons (Fsp3) is 0.400. The van der Waals surface area contributed by atoms with Gasteiger partial charge in [0.2, 0.25) is 0 Å². The van der Waals surface area contributed by atoms with Gasteiger partial charge in [-0.15, -0.1) is 0 Å². The van der Waals surface area contributed by atoms with Gasteiger partial charge in [-0.05, 0) is 37.2 Å². The monoisotopic (exact) mass is 180 g/mol. The lowest BCUT2D eigenvalue weighted by Crippen LogP contribution is -2.21. The normalized spacial score (nSPS) is 12.8. The maximum atomic E-state index is 9.09. The minimum absolute atomic E-state index is 0.0245. The van der Waals surface area contributed by atoms with Crippen LogP contribution in [0.4, 0.5) is 5.69 Å². The minimum atomic E-state index is -0.0245. The van der Waals surface area contributed by atoms with Gasteiger partial charge in [-0.2, -0.15) is 0 Å². The molecule has 0 spiro atoms. The van der Waals surface area contributed by atoms with Crippen LogP contribution >= 0.6 is 0 Å². The van der Waals surface area contributed by atoms with Crippen LogP contribution in [-0.2, 0) is 0 Å². The molecule has 0 aliphatic carbocycles. The highest BCUT2D eigenvalue weighted by Crippen LogP contribution is 2.19. The number of nitrogens with two attached hydrogens (primary N) is 1. The number of hydrogen-bond donors (Lipinski definition) is 3. The van der Waals surface area contributed by atoms with Crippen molar-refractivity contribution in [1.29, 1.82) is 0 Å². The molecular formula is C10H16N2O. The average Bonchev–Trinajstić information content (AvgIpc) is 2.13. The van der Waals surface area contributed by atoms with E-state index < -0.39 is 0 Å². The van der Waals surface area contributed by atoms with Gasteiger partial charge in [0, 0.05) is 5.69 Å². The van der Waals surface area contributed by atoms with Crippen LogP contribution in [0.1, 0.15) is 17.2 Å². The van der Waals surface area contributed by atoms with E-state index in [4.69, 9.17) is 10.8 Å². The van der Waals surface area contributed by atoms with Crippen molar-refractivity contribution in [2.75, 3.05) is 19.4 Å². The number of aliphatic hydroxyl groups is 1. The molecule has 3 nitrogen and oxygen atoms in total. The Morgan fingerprint density at radius 3 is 2.77 bits per heavy atom. The number of aryl methyl sites for hydroxylation is 1. The first-order valence-corrected chi connectivity index (χ1v) is 4.33. The summed E-state index contributed by atoms with van der Waals surface area (Å²) in [5, 5.41) is 12.1. The molecular weight excluding hydrogens is 164 g/mol. The van der Waals surface area contributed by atoms with Gasteiger partial charge in [0.05, 0.1) is 12.6 Å². The molecule has 1 aromatic rings. The van der Waals surface area contributed by atoms with Gasteiger partial charge >= 0.3 is 0 Å². The Labute approximate surface area is 78.6 Å². The Balaban J connectivity index is 3.03. The Bertz CT molecular complexity index is 282. The van der Waals surface area contributed by atoms with Crippen LogP contribution in [0.15, 0.2) is 18.2 Å². The summed E-state index contributed by atoms with van der Waals surface area (Å²) in [6.07, 6.45) is 0. The highest BCUT2D eigenvalue weighted by Gasteiger charge is 2.09. The summed E-state index contributed by atoms with van der Waals surface area (Å²) in [5.41, 5.74) is 8.60. The molecule has 3 heteroatoms. The summed E-state index contributed by atoms with van der Waals surface area (Å²) in [5.74, 6) is 0. The topological polar surface area (TPSA) is 58.3 Å². The predicted molar refractivity (Wildman–Crippen MR) is 54.5 cm³/mol. The highest BCUT2D eigenvalue weighted by atomic mass is 16.3. The van der Waals surface area contributed by atoms with E-state index >= 15 is 0 Å². The van der Waals surface area contributed by atoms with Gasteiger partial charge in [-0.1, -0.05) is 6.07 Å². The predicted octanol–water partition coefficient (Wildman–Crippen LogP) is 0.830. The van der Waals surface area contributed by atoms with Gasteiger partial charge < -0.3 is 16.2 Å². The molecule has 0 saturated carbocycles. The number of rotatable bonds is 3. The van der Waals surface area contributed by atoms with E-state index in [-0.39, 0.29) is 12.6 Å². The average molecular weight is 180 g/mol. The van der Waals surface area contributed by atoms with E-state index in [1.807, 2.05) is 32.2 Å². The minimum Gasteiger partial charge on any atom is -0.399 e. The molecule has 0 fully saturated rings. The van der Waals surface area contributed by atoms with Crippen LogP contribution in [0.5, 0.6) is 0 Å². The van der Waals surface area contributed by atoms with Gasteiger partial charge in [-0.3, -0.25) is 0 Å². The molecule has 0 bridgehead atoms. The number of nitrogens with one attached hydrogen (secondary N) is 1. The van der Waals surface area contributed by atoms with E-state index in [0.717, 1.165) is 16.8 Å². The van der Waals surface area contributed by atoms with Gasteiger partial charge in [0.25, 0.3) is 0 Å². The third-order valence-electron chi connectivity index (χ3n) is 2.21. The first-order chi connectivity index (χ1) is 6.19. The van der Waals surface area contributed by atoms with Crippen LogP contribution in [0.3, 0.4) is 0 Å². The summed E-state index contributed by atoms with van der Waals surface area (Å²) >= 11 is 0. The summed E-state index contributed by atoms with van der Waals surface area (Å²) in [6, 6.07) is 5.70. The highest BCUT2D eigenvalue weighted by molar-refractivity contribution is 5.45. The molecule has 0 unspecified atom stereocenters. The maximum absolute atomic E-state index is 9.09. The van der Waals surface area contributed by atoms with Crippen LogP contribution in [0.2, 0.25) is 0 Å². The van der Waals surface area contributed by atoms with Crippen LogP contribution in [-0.4, -0.2) is 18.8 Å². The SMILES string of the molecule is CN[C@H](CO)c1cc(N)ccc1C. The molecule has 0 radical (unpaired) electrons. The number of aliphatic hydroxyl groups excluding tert-OH is 1.